The fourth-order valence-corrected chi connectivity index (χ4v) is 0.683. The monoisotopic (exact) mass is 163 g/mol. The Morgan fingerprint density at radius 3 is 2.27 bits per heavy atom. The van der Waals surface area contributed by atoms with Crippen LogP contribution in [-0.4, -0.2) is 25.6 Å². The van der Waals surface area contributed by atoms with E-state index in [0.717, 1.165) is 0 Å². The molecule has 0 aliphatic heterocycles. The minimum Gasteiger partial charge on any atom is -0.376 e. The SMILES string of the molecule is CCOCC(C)(O[O])OCC. The van der Waals surface area contributed by atoms with Gasteiger partial charge in [-0.15, -0.1) is 0 Å². The molecule has 1 radical (unpaired) electrons. The van der Waals surface area contributed by atoms with Crippen molar-refractivity contribution in [3.8, 4) is 0 Å². The lowest BCUT2D eigenvalue weighted by Gasteiger charge is -2.23. The van der Waals surface area contributed by atoms with E-state index in [4.69, 9.17) is 9.47 Å². The van der Waals surface area contributed by atoms with E-state index in [1.54, 1.807) is 13.8 Å². The summed E-state index contributed by atoms with van der Waals surface area (Å²) in [7, 11) is 0. The van der Waals surface area contributed by atoms with Gasteiger partial charge in [-0.3, -0.25) is 0 Å². The van der Waals surface area contributed by atoms with Gasteiger partial charge in [-0.2, -0.15) is 4.89 Å². The number of hydrogen-bond acceptors (Lipinski definition) is 3. The second-order valence-corrected chi connectivity index (χ2v) is 2.29. The van der Waals surface area contributed by atoms with Gasteiger partial charge in [-0.1, -0.05) is 0 Å². The number of rotatable bonds is 6. The van der Waals surface area contributed by atoms with Crippen LogP contribution in [0.25, 0.3) is 0 Å². The lowest BCUT2D eigenvalue weighted by atomic mass is 10.3. The molecule has 0 aliphatic rings. The maximum Gasteiger partial charge on any atom is 0.225 e. The fraction of sp³-hybridized carbons (Fsp3) is 1.00. The van der Waals surface area contributed by atoms with Crippen LogP contribution in [0.15, 0.2) is 0 Å². The number of ether oxygens (including phenoxy) is 2. The van der Waals surface area contributed by atoms with E-state index in [0.29, 0.717) is 13.2 Å². The molecule has 1 unspecified atom stereocenters. The normalized spacial score (nSPS) is 16.4. The number of hydrogen-bond donors (Lipinski definition) is 0. The van der Waals surface area contributed by atoms with Gasteiger partial charge in [0.05, 0.1) is 0 Å². The largest absolute Gasteiger partial charge is 0.376 e. The maximum absolute atomic E-state index is 10.1. The molecule has 0 rings (SSSR count). The molecular weight excluding hydrogens is 148 g/mol. The first-order valence-corrected chi connectivity index (χ1v) is 3.71. The van der Waals surface area contributed by atoms with Crippen LogP contribution in [-0.2, 0) is 19.6 Å². The highest BCUT2D eigenvalue weighted by molar-refractivity contribution is 4.58. The van der Waals surface area contributed by atoms with Gasteiger partial charge >= 0.3 is 0 Å². The van der Waals surface area contributed by atoms with E-state index >= 15 is 0 Å². The molecule has 0 spiro atoms. The predicted molar refractivity (Wildman–Crippen MR) is 38.3 cm³/mol. The summed E-state index contributed by atoms with van der Waals surface area (Å²) in [6.45, 7) is 6.35. The van der Waals surface area contributed by atoms with Crippen LogP contribution in [0.2, 0.25) is 0 Å². The second-order valence-electron chi connectivity index (χ2n) is 2.29. The molecule has 0 fully saturated rings. The van der Waals surface area contributed by atoms with Crippen molar-refractivity contribution in [2.24, 2.45) is 0 Å². The van der Waals surface area contributed by atoms with Crippen LogP contribution in [0.3, 0.4) is 0 Å². The summed E-state index contributed by atoms with van der Waals surface area (Å²) >= 11 is 0. The molecular formula is C7H15O4. The van der Waals surface area contributed by atoms with Crippen LogP contribution in [0.5, 0.6) is 0 Å². The molecule has 67 valence electrons. The summed E-state index contributed by atoms with van der Waals surface area (Å²) in [4.78, 5) is 3.88. The minimum absolute atomic E-state index is 0.167. The molecule has 0 heterocycles. The molecule has 0 N–H and O–H groups in total. The van der Waals surface area contributed by atoms with Crippen LogP contribution < -0.4 is 0 Å². The van der Waals surface area contributed by atoms with Crippen molar-refractivity contribution in [1.82, 2.24) is 0 Å². The molecule has 0 aliphatic carbocycles. The molecule has 4 heteroatoms. The summed E-state index contributed by atoms with van der Waals surface area (Å²) in [5, 5.41) is 10.1. The van der Waals surface area contributed by atoms with Crippen molar-refractivity contribution in [1.29, 1.82) is 0 Å². The van der Waals surface area contributed by atoms with E-state index < -0.39 is 5.79 Å². The second kappa shape index (κ2) is 5.49. The van der Waals surface area contributed by atoms with Crippen molar-refractivity contribution < 1.29 is 19.6 Å². The Morgan fingerprint density at radius 2 is 1.91 bits per heavy atom. The Bertz CT molecular complexity index is 96.4. The van der Waals surface area contributed by atoms with Crippen molar-refractivity contribution in [3.63, 3.8) is 0 Å². The van der Waals surface area contributed by atoms with E-state index in [1.807, 2.05) is 6.92 Å². The molecule has 1 atom stereocenters. The Kier molecular flexibility index (Phi) is 5.41. The lowest BCUT2D eigenvalue weighted by Crippen LogP contribution is -2.36. The molecule has 0 amide bonds. The Balaban J connectivity index is 3.68. The van der Waals surface area contributed by atoms with E-state index in [2.05, 4.69) is 4.89 Å². The van der Waals surface area contributed by atoms with Gasteiger partial charge in [-0.25, -0.2) is 0 Å². The average Bonchev–Trinajstić information content (AvgIpc) is 2.02. The summed E-state index contributed by atoms with van der Waals surface area (Å²) in [6, 6.07) is 0. The highest BCUT2D eigenvalue weighted by Crippen LogP contribution is 2.11. The van der Waals surface area contributed by atoms with Gasteiger partial charge in [0.2, 0.25) is 5.79 Å². The Morgan fingerprint density at radius 1 is 1.27 bits per heavy atom. The molecule has 11 heavy (non-hydrogen) atoms. The summed E-state index contributed by atoms with van der Waals surface area (Å²) < 4.78 is 10.0. The highest BCUT2D eigenvalue weighted by atomic mass is 17.1. The molecule has 4 nitrogen and oxygen atoms in total. The lowest BCUT2D eigenvalue weighted by molar-refractivity contribution is -0.442. The van der Waals surface area contributed by atoms with Gasteiger partial charge in [0.25, 0.3) is 0 Å². The maximum atomic E-state index is 10.1. The van der Waals surface area contributed by atoms with Crippen LogP contribution in [0, 0.1) is 0 Å². The van der Waals surface area contributed by atoms with Gasteiger partial charge < -0.3 is 9.47 Å². The molecule has 0 bridgehead atoms. The van der Waals surface area contributed by atoms with Gasteiger partial charge in [-0.05, 0) is 26.0 Å². The van der Waals surface area contributed by atoms with Crippen LogP contribution >= 0.6 is 0 Å². The van der Waals surface area contributed by atoms with Crippen LogP contribution in [0.1, 0.15) is 20.8 Å². The van der Waals surface area contributed by atoms with Crippen molar-refractivity contribution in [2.75, 3.05) is 19.8 Å². The predicted octanol–water partition coefficient (Wildman–Crippen LogP) is 1.14. The summed E-state index contributed by atoms with van der Waals surface area (Å²) in [5.41, 5.74) is 0. The van der Waals surface area contributed by atoms with E-state index in [9.17, 15) is 5.26 Å². The average molecular weight is 163 g/mol. The first-order valence-electron chi connectivity index (χ1n) is 3.71. The first kappa shape index (κ1) is 10.8. The zero-order valence-electron chi connectivity index (χ0n) is 7.25. The van der Waals surface area contributed by atoms with Gasteiger partial charge in [0.1, 0.15) is 6.61 Å². The first-order chi connectivity index (χ1) is 5.18. The quantitative estimate of drug-likeness (QED) is 0.335. The molecule has 0 aromatic rings. The smallest absolute Gasteiger partial charge is 0.225 e. The standard InChI is InChI=1S/C7H15O4/c1-4-9-6-7(3,11-8)10-5-2/h4-6H2,1-3H3. The third-order valence-electron chi connectivity index (χ3n) is 1.19. The Hall–Kier alpha value is -0.160. The zero-order valence-corrected chi connectivity index (χ0v) is 7.25. The van der Waals surface area contributed by atoms with Crippen LogP contribution in [0.4, 0.5) is 0 Å². The Labute approximate surface area is 67.0 Å². The van der Waals surface area contributed by atoms with Crippen molar-refractivity contribution >= 4 is 0 Å². The third-order valence-corrected chi connectivity index (χ3v) is 1.19. The highest BCUT2D eigenvalue weighted by Gasteiger charge is 2.26. The molecule has 0 aromatic carbocycles. The van der Waals surface area contributed by atoms with E-state index in [1.165, 1.54) is 0 Å². The fourth-order valence-electron chi connectivity index (χ4n) is 0.683. The summed E-state index contributed by atoms with van der Waals surface area (Å²) in [5.74, 6) is -1.13. The molecule has 0 saturated carbocycles. The summed E-state index contributed by atoms with van der Waals surface area (Å²) in [6.07, 6.45) is 0. The molecule has 0 aromatic heterocycles. The molecule has 0 saturated heterocycles. The zero-order chi connectivity index (χ0) is 8.74. The third kappa shape index (κ3) is 4.31. The van der Waals surface area contributed by atoms with E-state index in [-0.39, 0.29) is 6.61 Å². The van der Waals surface area contributed by atoms with Gasteiger partial charge in [0, 0.05) is 13.2 Å². The van der Waals surface area contributed by atoms with Crippen molar-refractivity contribution in [3.05, 3.63) is 0 Å². The minimum atomic E-state index is -1.13. The van der Waals surface area contributed by atoms with Gasteiger partial charge in [0.15, 0.2) is 0 Å². The topological polar surface area (TPSA) is 47.6 Å². The van der Waals surface area contributed by atoms with Crippen molar-refractivity contribution in [2.45, 2.75) is 26.6 Å².